The minimum atomic E-state index is -1.10. The van der Waals surface area contributed by atoms with Crippen LogP contribution in [0.4, 0.5) is 0 Å². The lowest BCUT2D eigenvalue weighted by atomic mass is 9.76. The van der Waals surface area contributed by atoms with Gasteiger partial charge in [-0.05, 0) is 26.0 Å². The third kappa shape index (κ3) is 2.67. The van der Waals surface area contributed by atoms with E-state index in [4.69, 9.17) is 4.74 Å². The maximum atomic E-state index is 12.4. The van der Waals surface area contributed by atoms with Crippen LogP contribution in [-0.4, -0.2) is 34.6 Å². The van der Waals surface area contributed by atoms with Crippen molar-refractivity contribution in [2.75, 3.05) is 0 Å². The molecule has 1 aromatic rings. The van der Waals surface area contributed by atoms with Crippen LogP contribution in [0.1, 0.15) is 22.8 Å². The standard InChI is InChI=1S/C17H18N2O5/c1-9-3-5-10(6-4-9)14(20)18-19-15(21)13-12(16(22)23)11-7-8-17(13,2)24-11/h3-8,11-13H,1-2H3,(H,18,20)(H,19,21)(H,22,23)/t11-,12-,13-,17-/m1/s1. The Hall–Kier alpha value is -2.67. The number of carboxylic acids is 1. The first-order chi connectivity index (χ1) is 11.3. The third-order valence-electron chi connectivity index (χ3n) is 4.52. The molecule has 4 atom stereocenters. The summed E-state index contributed by atoms with van der Waals surface area (Å²) in [4.78, 5) is 35.9. The quantitative estimate of drug-likeness (QED) is 0.562. The van der Waals surface area contributed by atoms with Crippen molar-refractivity contribution >= 4 is 17.8 Å². The minimum absolute atomic E-state index is 0.394. The molecule has 2 aliphatic rings. The van der Waals surface area contributed by atoms with Gasteiger partial charge in [-0.1, -0.05) is 29.8 Å². The fourth-order valence-electron chi connectivity index (χ4n) is 3.25. The molecular formula is C17H18N2O5. The summed E-state index contributed by atoms with van der Waals surface area (Å²) in [6.07, 6.45) is 2.73. The molecule has 0 aliphatic carbocycles. The number of aryl methyl sites for hydroxylation is 1. The van der Waals surface area contributed by atoms with Crippen LogP contribution in [-0.2, 0) is 14.3 Å². The van der Waals surface area contributed by atoms with E-state index in [2.05, 4.69) is 10.9 Å². The Bertz CT molecular complexity index is 727. The number of ether oxygens (including phenoxy) is 1. The molecular weight excluding hydrogens is 312 g/mol. The average Bonchev–Trinajstić information content (AvgIpc) is 3.06. The molecule has 1 aromatic carbocycles. The van der Waals surface area contributed by atoms with Crippen molar-refractivity contribution in [3.05, 3.63) is 47.5 Å². The molecule has 7 heteroatoms. The van der Waals surface area contributed by atoms with Crippen LogP contribution in [0.2, 0.25) is 0 Å². The number of carbonyl (C=O) groups excluding carboxylic acids is 2. The summed E-state index contributed by atoms with van der Waals surface area (Å²) in [5, 5.41) is 9.37. The van der Waals surface area contributed by atoms with Gasteiger partial charge in [0, 0.05) is 5.56 Å². The van der Waals surface area contributed by atoms with E-state index in [1.165, 1.54) is 0 Å². The van der Waals surface area contributed by atoms with Gasteiger partial charge in [0.05, 0.1) is 17.6 Å². The van der Waals surface area contributed by atoms with Gasteiger partial charge < -0.3 is 9.84 Å². The summed E-state index contributed by atoms with van der Waals surface area (Å²) in [6.45, 7) is 3.57. The first-order valence-corrected chi connectivity index (χ1v) is 7.59. The van der Waals surface area contributed by atoms with E-state index in [1.807, 2.05) is 6.92 Å². The van der Waals surface area contributed by atoms with Crippen molar-refractivity contribution in [3.8, 4) is 0 Å². The second-order valence-corrected chi connectivity index (χ2v) is 6.28. The van der Waals surface area contributed by atoms with Gasteiger partial charge in [0.25, 0.3) is 5.91 Å². The first-order valence-electron chi connectivity index (χ1n) is 7.59. The SMILES string of the molecule is Cc1ccc(C(=O)NNC(=O)[C@H]2[C@H](C(=O)O)[C@H]3C=C[C@@]2(C)O3)cc1. The van der Waals surface area contributed by atoms with E-state index in [9.17, 15) is 19.5 Å². The predicted octanol–water partition coefficient (Wildman–Crippen LogP) is 0.800. The second kappa shape index (κ2) is 5.76. The molecule has 1 saturated heterocycles. The number of aliphatic carboxylic acids is 1. The lowest BCUT2D eigenvalue weighted by Crippen LogP contribution is -2.52. The van der Waals surface area contributed by atoms with Crippen LogP contribution in [0.25, 0.3) is 0 Å². The topological polar surface area (TPSA) is 105 Å². The second-order valence-electron chi connectivity index (χ2n) is 6.28. The summed E-state index contributed by atoms with van der Waals surface area (Å²) < 4.78 is 5.61. The molecule has 0 radical (unpaired) electrons. The van der Waals surface area contributed by atoms with Crippen molar-refractivity contribution in [2.45, 2.75) is 25.6 Å². The minimum Gasteiger partial charge on any atom is -0.481 e. The van der Waals surface area contributed by atoms with Gasteiger partial charge in [-0.25, -0.2) is 0 Å². The van der Waals surface area contributed by atoms with E-state index >= 15 is 0 Å². The van der Waals surface area contributed by atoms with Crippen molar-refractivity contribution in [1.29, 1.82) is 0 Å². The van der Waals surface area contributed by atoms with Crippen molar-refractivity contribution in [3.63, 3.8) is 0 Å². The molecule has 0 aromatic heterocycles. The van der Waals surface area contributed by atoms with Crippen LogP contribution >= 0.6 is 0 Å². The maximum absolute atomic E-state index is 12.4. The number of rotatable bonds is 3. The molecule has 0 spiro atoms. The van der Waals surface area contributed by atoms with E-state index in [0.29, 0.717) is 5.56 Å². The lowest BCUT2D eigenvalue weighted by Gasteiger charge is -2.27. The molecule has 2 amide bonds. The fourth-order valence-corrected chi connectivity index (χ4v) is 3.25. The number of amides is 2. The van der Waals surface area contributed by atoms with Crippen LogP contribution in [0.3, 0.4) is 0 Å². The molecule has 1 fully saturated rings. The van der Waals surface area contributed by atoms with Crippen LogP contribution in [0, 0.1) is 18.8 Å². The molecule has 7 nitrogen and oxygen atoms in total. The average molecular weight is 330 g/mol. The third-order valence-corrected chi connectivity index (χ3v) is 4.52. The zero-order chi connectivity index (χ0) is 17.5. The van der Waals surface area contributed by atoms with Gasteiger partial charge >= 0.3 is 5.97 Å². The summed E-state index contributed by atoms with van der Waals surface area (Å²) in [5.41, 5.74) is 5.06. The summed E-state index contributed by atoms with van der Waals surface area (Å²) in [5.74, 6) is -4.05. The summed E-state index contributed by atoms with van der Waals surface area (Å²) >= 11 is 0. The van der Waals surface area contributed by atoms with Crippen LogP contribution in [0.15, 0.2) is 36.4 Å². The molecule has 2 heterocycles. The van der Waals surface area contributed by atoms with E-state index in [1.54, 1.807) is 43.3 Å². The van der Waals surface area contributed by atoms with Gasteiger partial charge in [0.15, 0.2) is 0 Å². The normalized spacial score (nSPS) is 30.2. The largest absolute Gasteiger partial charge is 0.481 e. The molecule has 2 bridgehead atoms. The molecule has 2 aliphatic heterocycles. The first kappa shape index (κ1) is 16.2. The van der Waals surface area contributed by atoms with Gasteiger partial charge in [0.1, 0.15) is 5.92 Å². The Kier molecular flexibility index (Phi) is 3.88. The van der Waals surface area contributed by atoms with Crippen LogP contribution < -0.4 is 10.9 Å². The number of benzene rings is 1. The Balaban J connectivity index is 1.68. The number of hydrogen-bond donors (Lipinski definition) is 3. The van der Waals surface area contributed by atoms with Crippen LogP contribution in [0.5, 0.6) is 0 Å². The zero-order valence-corrected chi connectivity index (χ0v) is 13.3. The zero-order valence-electron chi connectivity index (χ0n) is 13.3. The molecule has 0 unspecified atom stereocenters. The van der Waals surface area contributed by atoms with Crippen molar-refractivity contribution in [2.24, 2.45) is 11.8 Å². The number of nitrogens with one attached hydrogen (secondary N) is 2. The molecule has 3 N–H and O–H groups in total. The Morgan fingerprint density at radius 2 is 1.83 bits per heavy atom. The number of carbonyl (C=O) groups is 3. The molecule has 3 rings (SSSR count). The highest BCUT2D eigenvalue weighted by Gasteiger charge is 2.59. The van der Waals surface area contributed by atoms with Gasteiger partial charge in [0.2, 0.25) is 5.91 Å². The number of hydrazine groups is 1. The van der Waals surface area contributed by atoms with Crippen molar-refractivity contribution < 1.29 is 24.2 Å². The maximum Gasteiger partial charge on any atom is 0.310 e. The van der Waals surface area contributed by atoms with Gasteiger partial charge in [-0.3, -0.25) is 25.2 Å². The number of fused-ring (bicyclic) bond motifs is 2. The lowest BCUT2D eigenvalue weighted by molar-refractivity contribution is -0.147. The Morgan fingerprint density at radius 3 is 2.46 bits per heavy atom. The molecule has 0 saturated carbocycles. The van der Waals surface area contributed by atoms with Gasteiger partial charge in [-0.2, -0.15) is 0 Å². The molecule has 24 heavy (non-hydrogen) atoms. The van der Waals surface area contributed by atoms with Crippen molar-refractivity contribution in [1.82, 2.24) is 10.9 Å². The fraction of sp³-hybridized carbons (Fsp3) is 0.353. The molecule has 126 valence electrons. The summed E-state index contributed by atoms with van der Waals surface area (Å²) in [6, 6.07) is 6.85. The van der Waals surface area contributed by atoms with E-state index in [0.717, 1.165) is 5.56 Å². The Morgan fingerprint density at radius 1 is 1.17 bits per heavy atom. The smallest absolute Gasteiger partial charge is 0.310 e. The van der Waals surface area contributed by atoms with E-state index < -0.39 is 41.3 Å². The predicted molar refractivity (Wildman–Crippen MR) is 83.8 cm³/mol. The number of carboxylic acid groups (broad SMARTS) is 1. The highest BCUT2D eigenvalue weighted by Crippen LogP contribution is 2.46. The monoisotopic (exact) mass is 330 g/mol. The van der Waals surface area contributed by atoms with Gasteiger partial charge in [-0.15, -0.1) is 0 Å². The number of hydrogen-bond acceptors (Lipinski definition) is 4. The summed E-state index contributed by atoms with van der Waals surface area (Å²) in [7, 11) is 0. The van der Waals surface area contributed by atoms with E-state index in [-0.39, 0.29) is 0 Å². The highest BCUT2D eigenvalue weighted by atomic mass is 16.5. The highest BCUT2D eigenvalue weighted by molar-refractivity contribution is 5.96. The Labute approximate surface area is 138 Å².